The Morgan fingerprint density at radius 2 is 1.97 bits per heavy atom. The SMILES string of the molecule is CCCN1CCCC(c2nc3c(C(N)=O)cccc3n2CCN2CCCCC2CC)C1. The van der Waals surface area contributed by atoms with Gasteiger partial charge in [0.05, 0.1) is 11.1 Å². The Balaban J connectivity index is 1.67. The molecule has 0 saturated carbocycles. The summed E-state index contributed by atoms with van der Waals surface area (Å²) in [5, 5.41) is 0. The fourth-order valence-electron chi connectivity index (χ4n) is 5.74. The van der Waals surface area contributed by atoms with Gasteiger partial charge in [-0.15, -0.1) is 0 Å². The summed E-state index contributed by atoms with van der Waals surface area (Å²) in [6, 6.07) is 6.57. The number of hydrogen-bond acceptors (Lipinski definition) is 4. The zero-order valence-corrected chi connectivity index (χ0v) is 19.4. The highest BCUT2D eigenvalue weighted by atomic mass is 16.1. The summed E-state index contributed by atoms with van der Waals surface area (Å²) in [5.41, 5.74) is 8.09. The molecule has 0 aliphatic carbocycles. The normalized spacial score (nSPS) is 23.4. The molecule has 2 atom stereocenters. The number of fused-ring (bicyclic) bond motifs is 1. The van der Waals surface area contributed by atoms with E-state index in [1.807, 2.05) is 12.1 Å². The van der Waals surface area contributed by atoms with Crippen LogP contribution in [0, 0.1) is 0 Å². The number of primary amides is 1. The number of nitrogens with zero attached hydrogens (tertiary/aromatic N) is 4. The first-order valence-electron chi connectivity index (χ1n) is 12.4. The molecule has 0 bridgehead atoms. The van der Waals surface area contributed by atoms with Gasteiger partial charge in [-0.25, -0.2) is 4.98 Å². The van der Waals surface area contributed by atoms with E-state index >= 15 is 0 Å². The monoisotopic (exact) mass is 425 g/mol. The van der Waals surface area contributed by atoms with E-state index < -0.39 is 0 Å². The number of carbonyl (C=O) groups excluding carboxylic acids is 1. The van der Waals surface area contributed by atoms with Crippen LogP contribution in [0.5, 0.6) is 0 Å². The van der Waals surface area contributed by atoms with Crippen molar-refractivity contribution in [1.82, 2.24) is 19.4 Å². The van der Waals surface area contributed by atoms with Crippen molar-refractivity contribution < 1.29 is 4.79 Å². The van der Waals surface area contributed by atoms with Crippen LogP contribution in [0.1, 0.15) is 80.9 Å². The quantitative estimate of drug-likeness (QED) is 0.694. The first-order chi connectivity index (χ1) is 15.1. The standard InChI is InChI=1S/C25H39N5O/c1-3-13-28-14-8-9-19(18-28)25-27-23-21(24(26)31)11-7-12-22(23)30(25)17-16-29-15-6-5-10-20(29)4-2/h7,11-12,19-20H,3-6,8-10,13-18H2,1-2H3,(H2,26,31). The fraction of sp³-hybridized carbons (Fsp3) is 0.680. The van der Waals surface area contributed by atoms with E-state index in [0.717, 1.165) is 49.5 Å². The van der Waals surface area contributed by atoms with Crippen LogP contribution in [0.3, 0.4) is 0 Å². The molecule has 2 unspecified atom stereocenters. The summed E-state index contributed by atoms with van der Waals surface area (Å²) in [6.45, 7) is 11.1. The number of amides is 1. The van der Waals surface area contributed by atoms with Crippen LogP contribution >= 0.6 is 0 Å². The summed E-state index contributed by atoms with van der Waals surface area (Å²) in [5.74, 6) is 1.17. The van der Waals surface area contributed by atoms with Crippen molar-refractivity contribution in [2.75, 3.05) is 32.7 Å². The zero-order valence-electron chi connectivity index (χ0n) is 19.4. The predicted octanol–water partition coefficient (Wildman–Crippen LogP) is 3.99. The average molecular weight is 426 g/mol. The topological polar surface area (TPSA) is 67.4 Å². The molecule has 2 aromatic rings. The highest BCUT2D eigenvalue weighted by molar-refractivity contribution is 6.04. The number of aromatic nitrogens is 2. The van der Waals surface area contributed by atoms with E-state index in [4.69, 9.17) is 10.7 Å². The van der Waals surface area contributed by atoms with E-state index in [-0.39, 0.29) is 5.91 Å². The Morgan fingerprint density at radius 1 is 1.10 bits per heavy atom. The number of hydrogen-bond donors (Lipinski definition) is 1. The summed E-state index contributed by atoms with van der Waals surface area (Å²) in [7, 11) is 0. The molecular weight excluding hydrogens is 386 g/mol. The molecule has 2 N–H and O–H groups in total. The molecule has 6 nitrogen and oxygen atoms in total. The van der Waals surface area contributed by atoms with Crippen molar-refractivity contribution in [2.45, 2.75) is 77.3 Å². The van der Waals surface area contributed by atoms with Gasteiger partial charge >= 0.3 is 0 Å². The van der Waals surface area contributed by atoms with Gasteiger partial charge in [0.2, 0.25) is 0 Å². The third kappa shape index (κ3) is 4.80. The number of carbonyl (C=O) groups is 1. The maximum atomic E-state index is 12.1. The van der Waals surface area contributed by atoms with Crippen LogP contribution in [-0.2, 0) is 6.54 Å². The summed E-state index contributed by atoms with van der Waals surface area (Å²) >= 11 is 0. The first-order valence-corrected chi connectivity index (χ1v) is 12.4. The number of likely N-dealkylation sites (tertiary alicyclic amines) is 2. The lowest BCUT2D eigenvalue weighted by Crippen LogP contribution is -2.41. The van der Waals surface area contributed by atoms with E-state index in [1.54, 1.807) is 0 Å². The van der Waals surface area contributed by atoms with E-state index in [2.05, 4.69) is 34.3 Å². The number of rotatable bonds is 8. The molecule has 0 spiro atoms. The average Bonchev–Trinajstić information content (AvgIpc) is 3.17. The fourth-order valence-corrected chi connectivity index (χ4v) is 5.74. The highest BCUT2D eigenvalue weighted by Gasteiger charge is 2.28. The highest BCUT2D eigenvalue weighted by Crippen LogP contribution is 2.31. The summed E-state index contributed by atoms with van der Waals surface area (Å²) < 4.78 is 2.41. The molecule has 2 aliphatic rings. The van der Waals surface area contributed by atoms with Crippen LogP contribution in [0.25, 0.3) is 11.0 Å². The van der Waals surface area contributed by atoms with Crippen molar-refractivity contribution in [3.8, 4) is 0 Å². The number of piperidine rings is 2. The Hall–Kier alpha value is -1.92. The minimum absolute atomic E-state index is 0.389. The molecule has 0 radical (unpaired) electrons. The second-order valence-corrected chi connectivity index (χ2v) is 9.39. The lowest BCUT2D eigenvalue weighted by molar-refractivity contribution is 0.100. The predicted molar refractivity (Wildman–Crippen MR) is 126 cm³/mol. The largest absolute Gasteiger partial charge is 0.366 e. The van der Waals surface area contributed by atoms with Gasteiger partial charge < -0.3 is 15.2 Å². The van der Waals surface area contributed by atoms with Gasteiger partial charge in [-0.05, 0) is 70.3 Å². The smallest absolute Gasteiger partial charge is 0.250 e. The third-order valence-electron chi connectivity index (χ3n) is 7.32. The molecule has 6 heteroatoms. The van der Waals surface area contributed by atoms with Crippen LogP contribution in [0.4, 0.5) is 0 Å². The number of para-hydroxylation sites is 1. The van der Waals surface area contributed by atoms with Crippen LogP contribution in [-0.4, -0.2) is 64.0 Å². The van der Waals surface area contributed by atoms with Crippen molar-refractivity contribution in [1.29, 1.82) is 0 Å². The summed E-state index contributed by atoms with van der Waals surface area (Å²) in [6.07, 6.45) is 8.74. The number of nitrogens with two attached hydrogens (primary N) is 1. The number of benzene rings is 1. The van der Waals surface area contributed by atoms with E-state index in [1.165, 1.54) is 51.6 Å². The van der Waals surface area contributed by atoms with Gasteiger partial charge in [-0.3, -0.25) is 9.69 Å². The Bertz CT molecular complexity index is 889. The lowest BCUT2D eigenvalue weighted by Gasteiger charge is -2.36. The van der Waals surface area contributed by atoms with E-state index in [0.29, 0.717) is 17.5 Å². The molecule has 170 valence electrons. The minimum Gasteiger partial charge on any atom is -0.366 e. The van der Waals surface area contributed by atoms with Gasteiger partial charge in [0.15, 0.2) is 0 Å². The minimum atomic E-state index is -0.389. The molecule has 31 heavy (non-hydrogen) atoms. The van der Waals surface area contributed by atoms with Crippen molar-refractivity contribution in [2.24, 2.45) is 5.73 Å². The molecule has 1 aromatic heterocycles. The van der Waals surface area contributed by atoms with Crippen LogP contribution in [0.2, 0.25) is 0 Å². The van der Waals surface area contributed by atoms with Gasteiger partial charge in [-0.2, -0.15) is 0 Å². The molecule has 1 amide bonds. The maximum Gasteiger partial charge on any atom is 0.250 e. The van der Waals surface area contributed by atoms with E-state index in [9.17, 15) is 4.79 Å². The molecule has 2 fully saturated rings. The zero-order chi connectivity index (χ0) is 21.8. The van der Waals surface area contributed by atoms with Crippen molar-refractivity contribution >= 4 is 16.9 Å². The van der Waals surface area contributed by atoms with Gasteiger partial charge in [0.25, 0.3) is 5.91 Å². The summed E-state index contributed by atoms with van der Waals surface area (Å²) in [4.78, 5) is 22.4. The molecule has 1 aromatic carbocycles. The second kappa shape index (κ2) is 10.1. The lowest BCUT2D eigenvalue weighted by atomic mass is 9.97. The van der Waals surface area contributed by atoms with Gasteiger partial charge in [0, 0.05) is 31.6 Å². The second-order valence-electron chi connectivity index (χ2n) is 9.39. The van der Waals surface area contributed by atoms with Gasteiger partial charge in [-0.1, -0.05) is 26.3 Å². The van der Waals surface area contributed by atoms with Crippen LogP contribution < -0.4 is 5.73 Å². The Morgan fingerprint density at radius 3 is 2.74 bits per heavy atom. The first kappa shape index (κ1) is 22.3. The van der Waals surface area contributed by atoms with Crippen LogP contribution in [0.15, 0.2) is 18.2 Å². The molecular formula is C25H39N5O. The molecule has 3 heterocycles. The van der Waals surface area contributed by atoms with Crippen molar-refractivity contribution in [3.63, 3.8) is 0 Å². The Labute approximate surface area is 186 Å². The Kier molecular flexibility index (Phi) is 7.28. The number of imidazole rings is 1. The third-order valence-corrected chi connectivity index (χ3v) is 7.32. The molecule has 2 saturated heterocycles. The van der Waals surface area contributed by atoms with Gasteiger partial charge in [0.1, 0.15) is 11.3 Å². The molecule has 2 aliphatic heterocycles. The molecule has 4 rings (SSSR count). The van der Waals surface area contributed by atoms with Crippen molar-refractivity contribution in [3.05, 3.63) is 29.6 Å². The maximum absolute atomic E-state index is 12.1.